The van der Waals surface area contributed by atoms with E-state index in [1.54, 1.807) is 18.2 Å². The van der Waals surface area contributed by atoms with Crippen LogP contribution in [0.5, 0.6) is 0 Å². The molecular formula is C21H23N5O2. The van der Waals surface area contributed by atoms with Gasteiger partial charge < -0.3 is 21.1 Å². The minimum Gasteiger partial charge on any atom is -0.464 e. The van der Waals surface area contributed by atoms with Crippen LogP contribution >= 0.6 is 0 Å². The Hall–Kier alpha value is -3.61. The molecule has 0 aliphatic heterocycles. The zero-order valence-corrected chi connectivity index (χ0v) is 16.3. The van der Waals surface area contributed by atoms with Crippen molar-refractivity contribution >= 4 is 34.8 Å². The fourth-order valence-electron chi connectivity index (χ4n) is 2.98. The van der Waals surface area contributed by atoms with E-state index in [4.69, 9.17) is 10.5 Å². The van der Waals surface area contributed by atoms with Crippen molar-refractivity contribution in [1.82, 2.24) is 9.97 Å². The molecule has 0 spiro atoms. The smallest absolute Gasteiger partial charge is 0.356 e. The van der Waals surface area contributed by atoms with Gasteiger partial charge in [-0.15, -0.1) is 0 Å². The van der Waals surface area contributed by atoms with Crippen LogP contribution in [0.15, 0.2) is 42.5 Å². The number of hydrogen-bond donors (Lipinski definition) is 3. The molecule has 0 radical (unpaired) electrons. The summed E-state index contributed by atoms with van der Waals surface area (Å²) >= 11 is 0. The van der Waals surface area contributed by atoms with Gasteiger partial charge in [-0.2, -0.15) is 4.98 Å². The minimum absolute atomic E-state index is 0.153. The maximum atomic E-state index is 12.1. The maximum absolute atomic E-state index is 12.1. The lowest BCUT2D eigenvalue weighted by Gasteiger charge is -2.15. The van der Waals surface area contributed by atoms with Crippen molar-refractivity contribution in [2.45, 2.75) is 20.8 Å². The number of esters is 1. The van der Waals surface area contributed by atoms with Crippen molar-refractivity contribution < 1.29 is 9.53 Å². The van der Waals surface area contributed by atoms with E-state index in [2.05, 4.69) is 39.7 Å². The Morgan fingerprint density at radius 1 is 0.964 bits per heavy atom. The summed E-state index contributed by atoms with van der Waals surface area (Å²) in [4.78, 5) is 20.8. The number of nitrogens with zero attached hydrogens (tertiary/aromatic N) is 2. The number of benzene rings is 2. The molecule has 0 bridgehead atoms. The number of nitrogens with two attached hydrogens (primary N) is 1. The van der Waals surface area contributed by atoms with Crippen LogP contribution in [0.25, 0.3) is 0 Å². The highest BCUT2D eigenvalue weighted by Crippen LogP contribution is 2.26. The number of anilines is 5. The number of hydrogen-bond acceptors (Lipinski definition) is 7. The van der Waals surface area contributed by atoms with Crippen molar-refractivity contribution in [2.24, 2.45) is 0 Å². The van der Waals surface area contributed by atoms with Gasteiger partial charge in [-0.1, -0.05) is 17.7 Å². The van der Waals surface area contributed by atoms with Gasteiger partial charge in [0.05, 0.1) is 7.11 Å². The molecule has 2 aromatic carbocycles. The van der Waals surface area contributed by atoms with E-state index in [-0.39, 0.29) is 11.6 Å². The Labute approximate surface area is 164 Å². The van der Waals surface area contributed by atoms with Crippen LogP contribution < -0.4 is 16.4 Å². The molecule has 0 fully saturated rings. The van der Waals surface area contributed by atoms with E-state index in [0.29, 0.717) is 11.5 Å². The molecule has 0 amide bonds. The lowest BCUT2D eigenvalue weighted by atomic mass is 10.1. The highest BCUT2D eigenvalue weighted by molar-refractivity contribution is 5.88. The molecule has 1 aromatic heterocycles. The topological polar surface area (TPSA) is 102 Å². The van der Waals surface area contributed by atoms with Crippen molar-refractivity contribution in [3.05, 3.63) is 64.8 Å². The summed E-state index contributed by atoms with van der Waals surface area (Å²) in [6.45, 7) is 6.11. The number of carbonyl (C=O) groups excluding carboxylic acids is 1. The predicted molar refractivity (Wildman–Crippen MR) is 111 cm³/mol. The Balaban J connectivity index is 1.98. The third-order valence-electron chi connectivity index (χ3n) is 4.22. The largest absolute Gasteiger partial charge is 0.464 e. The third-order valence-corrected chi connectivity index (χ3v) is 4.22. The van der Waals surface area contributed by atoms with Gasteiger partial charge in [-0.3, -0.25) is 0 Å². The van der Waals surface area contributed by atoms with Crippen molar-refractivity contribution in [1.29, 1.82) is 0 Å². The predicted octanol–water partition coefficient (Wildman–Crippen LogP) is 4.26. The summed E-state index contributed by atoms with van der Waals surface area (Å²) < 4.78 is 4.82. The standard InChI is InChI=1S/C21H23N5O2/c1-12-9-13(2)19(14(3)10-12)25-18-11-17(20(27)28-4)24-21(26-18)23-16-7-5-15(22)6-8-16/h5-11H,22H2,1-4H3,(H2,23,24,25,26). The second-order valence-electron chi connectivity index (χ2n) is 6.60. The second kappa shape index (κ2) is 7.96. The first-order valence-corrected chi connectivity index (χ1v) is 8.80. The van der Waals surface area contributed by atoms with Crippen LogP contribution in [0.1, 0.15) is 27.2 Å². The fraction of sp³-hybridized carbons (Fsp3) is 0.190. The molecule has 0 saturated carbocycles. The normalized spacial score (nSPS) is 10.4. The van der Waals surface area contributed by atoms with Crippen LogP contribution in [0.4, 0.5) is 28.8 Å². The molecule has 3 aromatic rings. The van der Waals surface area contributed by atoms with Gasteiger partial charge in [-0.05, 0) is 56.2 Å². The minimum atomic E-state index is -0.539. The molecular weight excluding hydrogens is 354 g/mol. The van der Waals surface area contributed by atoms with Crippen LogP contribution in [0.2, 0.25) is 0 Å². The van der Waals surface area contributed by atoms with Crippen molar-refractivity contribution in [3.8, 4) is 0 Å². The van der Waals surface area contributed by atoms with Gasteiger partial charge in [0.2, 0.25) is 5.95 Å². The molecule has 7 nitrogen and oxygen atoms in total. The quantitative estimate of drug-likeness (QED) is 0.451. The first-order valence-electron chi connectivity index (χ1n) is 8.80. The van der Waals surface area contributed by atoms with Gasteiger partial charge in [0, 0.05) is 23.1 Å². The molecule has 0 aliphatic carbocycles. The Kier molecular flexibility index (Phi) is 5.44. The molecule has 0 unspecified atom stereocenters. The van der Waals surface area contributed by atoms with Crippen LogP contribution in [-0.2, 0) is 4.74 Å². The SMILES string of the molecule is COC(=O)c1cc(Nc2c(C)cc(C)cc2C)nc(Nc2ccc(N)cc2)n1. The van der Waals surface area contributed by atoms with E-state index in [1.165, 1.54) is 12.7 Å². The number of ether oxygens (including phenoxy) is 1. The number of methoxy groups -OCH3 is 1. The van der Waals surface area contributed by atoms with Gasteiger partial charge in [-0.25, -0.2) is 9.78 Å². The summed E-state index contributed by atoms with van der Waals surface area (Å²) in [5.41, 5.74) is 11.6. The second-order valence-corrected chi connectivity index (χ2v) is 6.60. The molecule has 4 N–H and O–H groups in total. The number of aromatic nitrogens is 2. The average Bonchev–Trinajstić information content (AvgIpc) is 2.65. The van der Waals surface area contributed by atoms with E-state index in [9.17, 15) is 4.79 Å². The van der Waals surface area contributed by atoms with E-state index in [0.717, 1.165) is 22.5 Å². The molecule has 1 heterocycles. The molecule has 144 valence electrons. The van der Waals surface area contributed by atoms with E-state index < -0.39 is 5.97 Å². The molecule has 0 atom stereocenters. The molecule has 28 heavy (non-hydrogen) atoms. The number of aryl methyl sites for hydroxylation is 3. The number of rotatable bonds is 5. The first-order chi connectivity index (χ1) is 13.4. The summed E-state index contributed by atoms with van der Waals surface area (Å²) in [6.07, 6.45) is 0. The van der Waals surface area contributed by atoms with Gasteiger partial charge >= 0.3 is 5.97 Å². The Morgan fingerprint density at radius 2 is 1.61 bits per heavy atom. The monoisotopic (exact) mass is 377 g/mol. The van der Waals surface area contributed by atoms with Crippen LogP contribution in [-0.4, -0.2) is 23.0 Å². The van der Waals surface area contributed by atoms with Crippen molar-refractivity contribution in [3.63, 3.8) is 0 Å². The zero-order valence-electron chi connectivity index (χ0n) is 16.3. The fourth-order valence-corrected chi connectivity index (χ4v) is 2.98. The number of carbonyl (C=O) groups is 1. The highest BCUT2D eigenvalue weighted by Gasteiger charge is 2.14. The van der Waals surface area contributed by atoms with E-state index >= 15 is 0 Å². The lowest BCUT2D eigenvalue weighted by Crippen LogP contribution is -2.10. The average molecular weight is 377 g/mol. The van der Waals surface area contributed by atoms with Crippen LogP contribution in [0.3, 0.4) is 0 Å². The lowest BCUT2D eigenvalue weighted by molar-refractivity contribution is 0.0594. The maximum Gasteiger partial charge on any atom is 0.356 e. The van der Waals surface area contributed by atoms with E-state index in [1.807, 2.05) is 26.0 Å². The molecule has 7 heteroatoms. The summed E-state index contributed by atoms with van der Waals surface area (Å²) in [5.74, 6) is 0.226. The van der Waals surface area contributed by atoms with Gasteiger partial charge in [0.15, 0.2) is 5.69 Å². The molecule has 3 rings (SSSR count). The van der Waals surface area contributed by atoms with Gasteiger partial charge in [0.25, 0.3) is 0 Å². The van der Waals surface area contributed by atoms with Crippen LogP contribution in [0, 0.1) is 20.8 Å². The first kappa shape index (κ1) is 19.2. The Bertz CT molecular complexity index is 993. The molecule has 0 aliphatic rings. The summed E-state index contributed by atoms with van der Waals surface area (Å²) in [5, 5.41) is 6.39. The highest BCUT2D eigenvalue weighted by atomic mass is 16.5. The zero-order chi connectivity index (χ0) is 20.3. The summed E-state index contributed by atoms with van der Waals surface area (Å²) in [7, 11) is 1.32. The molecule has 0 saturated heterocycles. The Morgan fingerprint density at radius 3 is 2.21 bits per heavy atom. The third kappa shape index (κ3) is 4.37. The van der Waals surface area contributed by atoms with Crippen molar-refractivity contribution in [2.75, 3.05) is 23.5 Å². The number of nitrogen functional groups attached to an aromatic ring is 1. The summed E-state index contributed by atoms with van der Waals surface area (Å²) in [6, 6.07) is 12.9. The number of nitrogens with one attached hydrogen (secondary N) is 2. The van der Waals surface area contributed by atoms with Gasteiger partial charge in [0.1, 0.15) is 5.82 Å².